The van der Waals surface area contributed by atoms with Gasteiger partial charge in [-0.1, -0.05) is 19.1 Å². The van der Waals surface area contributed by atoms with E-state index in [0.29, 0.717) is 12.1 Å². The molecule has 6 heteroatoms. The molecule has 2 heterocycles. The lowest BCUT2D eigenvalue weighted by atomic mass is 10.2. The summed E-state index contributed by atoms with van der Waals surface area (Å²) in [6.45, 7) is 7.82. The number of aromatic nitrogens is 1. The van der Waals surface area contributed by atoms with E-state index in [2.05, 4.69) is 27.0 Å². The van der Waals surface area contributed by atoms with Crippen LogP contribution in [0.2, 0.25) is 0 Å². The number of carbonyl (C=O) groups is 1. The predicted molar refractivity (Wildman–Crippen MR) is 103 cm³/mol. The van der Waals surface area contributed by atoms with Crippen LogP contribution in [0.25, 0.3) is 0 Å². The largest absolute Gasteiger partial charge is 0.497 e. The number of methoxy groups -OCH3 is 1. The molecule has 1 saturated heterocycles. The highest BCUT2D eigenvalue weighted by Crippen LogP contribution is 2.14. The van der Waals surface area contributed by atoms with E-state index in [-0.39, 0.29) is 5.91 Å². The van der Waals surface area contributed by atoms with Crippen molar-refractivity contribution in [2.75, 3.05) is 44.7 Å². The van der Waals surface area contributed by atoms with Crippen LogP contribution in [0.1, 0.15) is 22.8 Å². The van der Waals surface area contributed by atoms with Gasteiger partial charge in [0.2, 0.25) is 0 Å². The smallest absolute Gasteiger partial charge is 0.253 e. The Morgan fingerprint density at radius 2 is 1.85 bits per heavy atom. The highest BCUT2D eigenvalue weighted by Gasteiger charge is 2.17. The van der Waals surface area contributed by atoms with Gasteiger partial charge in [-0.25, -0.2) is 4.98 Å². The van der Waals surface area contributed by atoms with Crippen molar-refractivity contribution in [2.45, 2.75) is 13.5 Å². The van der Waals surface area contributed by atoms with Gasteiger partial charge < -0.3 is 19.9 Å². The average Bonchev–Trinajstić information content (AvgIpc) is 2.72. The summed E-state index contributed by atoms with van der Waals surface area (Å²) in [6, 6.07) is 11.4. The molecular weight excluding hydrogens is 328 g/mol. The third-order valence-electron chi connectivity index (χ3n) is 4.77. The Balaban J connectivity index is 1.53. The minimum atomic E-state index is -0.115. The van der Waals surface area contributed by atoms with Crippen LogP contribution in [-0.4, -0.2) is 55.6 Å². The quantitative estimate of drug-likeness (QED) is 0.862. The molecule has 1 aromatic carbocycles. The molecule has 1 aliphatic rings. The van der Waals surface area contributed by atoms with Gasteiger partial charge in [-0.3, -0.25) is 4.79 Å². The van der Waals surface area contributed by atoms with Crippen LogP contribution in [-0.2, 0) is 6.54 Å². The number of anilines is 1. The van der Waals surface area contributed by atoms with Gasteiger partial charge in [0.1, 0.15) is 11.6 Å². The minimum Gasteiger partial charge on any atom is -0.497 e. The second-order valence-corrected chi connectivity index (χ2v) is 6.36. The number of likely N-dealkylation sites (N-methyl/N-ethyl adjacent to an activating group) is 1. The van der Waals surface area contributed by atoms with Gasteiger partial charge in [0, 0.05) is 38.9 Å². The summed E-state index contributed by atoms with van der Waals surface area (Å²) in [6.07, 6.45) is 1.66. The first-order chi connectivity index (χ1) is 12.7. The summed E-state index contributed by atoms with van der Waals surface area (Å²) >= 11 is 0. The van der Waals surface area contributed by atoms with E-state index in [1.165, 1.54) is 0 Å². The van der Waals surface area contributed by atoms with Gasteiger partial charge >= 0.3 is 0 Å². The fourth-order valence-corrected chi connectivity index (χ4v) is 3.03. The molecule has 3 rings (SSSR count). The zero-order chi connectivity index (χ0) is 18.4. The van der Waals surface area contributed by atoms with Gasteiger partial charge in [0.15, 0.2) is 0 Å². The van der Waals surface area contributed by atoms with E-state index < -0.39 is 0 Å². The zero-order valence-electron chi connectivity index (χ0n) is 15.4. The lowest BCUT2D eigenvalue weighted by Gasteiger charge is -2.34. The molecule has 0 bridgehead atoms. The number of nitrogens with one attached hydrogen (secondary N) is 1. The van der Waals surface area contributed by atoms with Crippen LogP contribution in [0.15, 0.2) is 42.6 Å². The second kappa shape index (κ2) is 8.67. The monoisotopic (exact) mass is 354 g/mol. The summed E-state index contributed by atoms with van der Waals surface area (Å²) < 4.78 is 5.14. The Hall–Kier alpha value is -2.60. The van der Waals surface area contributed by atoms with Crippen molar-refractivity contribution in [2.24, 2.45) is 0 Å². The maximum atomic E-state index is 12.3. The van der Waals surface area contributed by atoms with Gasteiger partial charge in [0.25, 0.3) is 5.91 Å². The Labute approximate surface area is 154 Å². The molecule has 6 nitrogen and oxygen atoms in total. The molecule has 1 fully saturated rings. The van der Waals surface area contributed by atoms with E-state index >= 15 is 0 Å². The van der Waals surface area contributed by atoms with Crippen molar-refractivity contribution < 1.29 is 9.53 Å². The Kier molecular flexibility index (Phi) is 6.07. The van der Waals surface area contributed by atoms with Crippen LogP contribution in [0, 0.1) is 0 Å². The summed E-state index contributed by atoms with van der Waals surface area (Å²) in [4.78, 5) is 21.5. The van der Waals surface area contributed by atoms with Crippen LogP contribution >= 0.6 is 0 Å². The number of amides is 1. The average molecular weight is 354 g/mol. The number of nitrogens with zero attached hydrogens (tertiary/aromatic N) is 3. The fraction of sp³-hybridized carbons (Fsp3) is 0.400. The lowest BCUT2D eigenvalue weighted by Crippen LogP contribution is -2.46. The first-order valence-electron chi connectivity index (χ1n) is 9.04. The minimum absolute atomic E-state index is 0.115. The van der Waals surface area contributed by atoms with Gasteiger partial charge in [-0.2, -0.15) is 0 Å². The molecule has 0 saturated carbocycles. The van der Waals surface area contributed by atoms with Crippen LogP contribution in [0.5, 0.6) is 5.75 Å². The summed E-state index contributed by atoms with van der Waals surface area (Å²) in [7, 11) is 1.64. The molecule has 0 atom stereocenters. The number of pyridine rings is 1. The highest BCUT2D eigenvalue weighted by molar-refractivity contribution is 5.94. The molecule has 2 aromatic rings. The number of carbonyl (C=O) groups excluding carboxylic acids is 1. The number of piperazine rings is 1. The number of hydrogen-bond donors (Lipinski definition) is 1. The van der Waals surface area contributed by atoms with Crippen molar-refractivity contribution >= 4 is 11.7 Å². The van der Waals surface area contributed by atoms with E-state index in [0.717, 1.165) is 49.9 Å². The lowest BCUT2D eigenvalue weighted by molar-refractivity contribution is 0.0950. The maximum absolute atomic E-state index is 12.3. The van der Waals surface area contributed by atoms with Crippen LogP contribution in [0.4, 0.5) is 5.82 Å². The molecule has 138 valence electrons. The number of hydrogen-bond acceptors (Lipinski definition) is 5. The van der Waals surface area contributed by atoms with Gasteiger partial charge in [-0.15, -0.1) is 0 Å². The van der Waals surface area contributed by atoms with Crippen LogP contribution in [0.3, 0.4) is 0 Å². The molecular formula is C20H26N4O2. The summed E-state index contributed by atoms with van der Waals surface area (Å²) in [5, 5.41) is 2.93. The molecule has 0 unspecified atom stereocenters. The number of ether oxygens (including phenoxy) is 1. The van der Waals surface area contributed by atoms with Crippen molar-refractivity contribution in [3.8, 4) is 5.75 Å². The highest BCUT2D eigenvalue weighted by atomic mass is 16.5. The summed E-state index contributed by atoms with van der Waals surface area (Å²) in [5.41, 5.74) is 1.60. The number of benzene rings is 1. The third-order valence-corrected chi connectivity index (χ3v) is 4.77. The first kappa shape index (κ1) is 18.2. The molecule has 1 amide bonds. The van der Waals surface area contributed by atoms with Crippen molar-refractivity contribution in [1.29, 1.82) is 0 Å². The predicted octanol–water partition coefficient (Wildman–Crippen LogP) is 2.16. The fourth-order valence-electron chi connectivity index (χ4n) is 3.03. The topological polar surface area (TPSA) is 57.7 Å². The van der Waals surface area contributed by atoms with Crippen molar-refractivity contribution in [3.63, 3.8) is 0 Å². The molecule has 1 aromatic heterocycles. The molecule has 1 aliphatic heterocycles. The third kappa shape index (κ3) is 4.52. The molecule has 0 radical (unpaired) electrons. The number of rotatable bonds is 6. The van der Waals surface area contributed by atoms with Crippen LogP contribution < -0.4 is 15.0 Å². The Morgan fingerprint density at radius 3 is 2.42 bits per heavy atom. The first-order valence-corrected chi connectivity index (χ1v) is 9.04. The maximum Gasteiger partial charge on any atom is 0.253 e. The molecule has 26 heavy (non-hydrogen) atoms. The second-order valence-electron chi connectivity index (χ2n) is 6.36. The standard InChI is InChI=1S/C20H26N4O2/c1-3-23-10-12-24(13-11-23)19-9-6-17(15-21-19)20(25)22-14-16-4-7-18(26-2)8-5-16/h4-9,15H,3,10-14H2,1-2H3,(H,22,25). The zero-order valence-corrected chi connectivity index (χ0v) is 15.4. The Morgan fingerprint density at radius 1 is 1.12 bits per heavy atom. The van der Waals surface area contributed by atoms with Crippen molar-refractivity contribution in [1.82, 2.24) is 15.2 Å². The Bertz CT molecular complexity index is 708. The van der Waals surface area contributed by atoms with E-state index in [4.69, 9.17) is 4.74 Å². The molecule has 0 aliphatic carbocycles. The van der Waals surface area contributed by atoms with E-state index in [9.17, 15) is 4.79 Å². The normalized spacial score (nSPS) is 14.9. The SMILES string of the molecule is CCN1CCN(c2ccc(C(=O)NCc3ccc(OC)cc3)cn2)CC1. The summed E-state index contributed by atoms with van der Waals surface area (Å²) in [5.74, 6) is 1.63. The van der Waals surface area contributed by atoms with E-state index in [1.807, 2.05) is 36.4 Å². The molecule has 0 spiro atoms. The van der Waals surface area contributed by atoms with Gasteiger partial charge in [0.05, 0.1) is 12.7 Å². The van der Waals surface area contributed by atoms with Gasteiger partial charge in [-0.05, 0) is 36.4 Å². The van der Waals surface area contributed by atoms with Crippen molar-refractivity contribution in [3.05, 3.63) is 53.7 Å². The van der Waals surface area contributed by atoms with E-state index in [1.54, 1.807) is 13.3 Å². The molecule has 1 N–H and O–H groups in total.